The summed E-state index contributed by atoms with van der Waals surface area (Å²) >= 11 is 0. The smallest absolute Gasteiger partial charge is 0.319 e. The lowest BCUT2D eigenvalue weighted by Crippen LogP contribution is -2.45. The van der Waals surface area contributed by atoms with Crippen LogP contribution in [0.15, 0.2) is 0 Å². The molecule has 0 aliphatic carbocycles. The molecule has 2 N–H and O–H groups in total. The molecule has 1 amide bonds. The van der Waals surface area contributed by atoms with Crippen molar-refractivity contribution < 1.29 is 22.7 Å². The summed E-state index contributed by atoms with van der Waals surface area (Å²) < 4.78 is 29.5. The zero-order valence-corrected chi connectivity index (χ0v) is 13.5. The maximum Gasteiger partial charge on any atom is 0.319 e. The second kappa shape index (κ2) is 7.58. The fourth-order valence-corrected chi connectivity index (χ4v) is 2.17. The summed E-state index contributed by atoms with van der Waals surface area (Å²) in [5.74, 6) is -2.34. The van der Waals surface area contributed by atoms with Crippen molar-refractivity contribution in [3.05, 3.63) is 0 Å². The summed E-state index contributed by atoms with van der Waals surface area (Å²) in [7, 11) is -2.09. The van der Waals surface area contributed by atoms with Crippen molar-refractivity contribution in [3.63, 3.8) is 0 Å². The zero-order chi connectivity index (χ0) is 16.0. The number of hydrogen-bond acceptors (Lipinski definition) is 5. The molecular formula is C12H24N2O5S. The van der Waals surface area contributed by atoms with Crippen LogP contribution >= 0.6 is 0 Å². The van der Waals surface area contributed by atoms with Gasteiger partial charge < -0.3 is 10.1 Å². The first kappa shape index (κ1) is 18.9. The van der Waals surface area contributed by atoms with E-state index >= 15 is 0 Å². The number of sulfonamides is 1. The summed E-state index contributed by atoms with van der Waals surface area (Å²) in [5.41, 5.74) is -0.613. The van der Waals surface area contributed by atoms with Gasteiger partial charge in [0, 0.05) is 6.54 Å². The molecule has 0 aromatic carbocycles. The van der Waals surface area contributed by atoms with Crippen molar-refractivity contribution in [3.8, 4) is 0 Å². The fourth-order valence-electron chi connectivity index (χ4n) is 1.59. The second-order valence-electron chi connectivity index (χ2n) is 5.37. The topological polar surface area (TPSA) is 102 Å². The van der Waals surface area contributed by atoms with E-state index in [1.54, 1.807) is 27.7 Å². The van der Waals surface area contributed by atoms with Gasteiger partial charge in [0.15, 0.2) is 0 Å². The number of carbonyl (C=O) groups excluding carboxylic acids is 2. The van der Waals surface area contributed by atoms with E-state index in [0.29, 0.717) is 0 Å². The minimum Gasteiger partial charge on any atom is -0.465 e. The molecule has 0 saturated carbocycles. The highest BCUT2D eigenvalue weighted by molar-refractivity contribution is 7.89. The maximum atomic E-state index is 12.1. The van der Waals surface area contributed by atoms with Gasteiger partial charge in [0.25, 0.3) is 0 Å². The number of ether oxygens (including phenoxy) is 1. The standard InChI is InChI=1S/C12H24N2O5S/c1-6-19-11(16)9(12(2,3)4)10(15)14-7-8-20(17,18)13-5/h9,13H,6-8H2,1-5H3,(H,14,15). The van der Waals surface area contributed by atoms with Crippen LogP contribution < -0.4 is 10.0 Å². The van der Waals surface area contributed by atoms with Gasteiger partial charge in [-0.25, -0.2) is 13.1 Å². The average molecular weight is 308 g/mol. The van der Waals surface area contributed by atoms with Gasteiger partial charge in [-0.2, -0.15) is 0 Å². The Morgan fingerprint density at radius 2 is 1.80 bits per heavy atom. The summed E-state index contributed by atoms with van der Waals surface area (Å²) in [5, 5.41) is 2.46. The molecule has 118 valence electrons. The summed E-state index contributed by atoms with van der Waals surface area (Å²) in [6.07, 6.45) is 0. The van der Waals surface area contributed by atoms with E-state index < -0.39 is 33.2 Å². The molecule has 20 heavy (non-hydrogen) atoms. The Morgan fingerprint density at radius 3 is 2.20 bits per heavy atom. The first-order chi connectivity index (χ1) is 9.05. The number of hydrogen-bond donors (Lipinski definition) is 2. The Morgan fingerprint density at radius 1 is 1.25 bits per heavy atom. The Bertz CT molecular complexity index is 439. The zero-order valence-electron chi connectivity index (χ0n) is 12.6. The van der Waals surface area contributed by atoms with E-state index in [1.807, 2.05) is 0 Å². The molecule has 0 saturated heterocycles. The maximum absolute atomic E-state index is 12.1. The van der Waals surface area contributed by atoms with Gasteiger partial charge in [0.05, 0.1) is 12.4 Å². The lowest BCUT2D eigenvalue weighted by Gasteiger charge is -2.27. The highest BCUT2D eigenvalue weighted by Gasteiger charge is 2.38. The molecule has 7 nitrogen and oxygen atoms in total. The molecule has 8 heteroatoms. The number of esters is 1. The van der Waals surface area contributed by atoms with E-state index in [9.17, 15) is 18.0 Å². The van der Waals surface area contributed by atoms with Crippen LogP contribution in [0.2, 0.25) is 0 Å². The molecule has 0 aromatic rings. The van der Waals surface area contributed by atoms with Crippen molar-refractivity contribution in [2.24, 2.45) is 11.3 Å². The molecule has 0 bridgehead atoms. The van der Waals surface area contributed by atoms with Crippen molar-refractivity contribution >= 4 is 21.9 Å². The first-order valence-electron chi connectivity index (χ1n) is 6.40. The Labute approximate surface area is 120 Å². The van der Waals surface area contributed by atoms with Crippen LogP contribution in [-0.2, 0) is 24.3 Å². The number of amides is 1. The second-order valence-corrected chi connectivity index (χ2v) is 7.41. The predicted octanol–water partition coefficient (Wildman–Crippen LogP) is -0.123. The summed E-state index contributed by atoms with van der Waals surface area (Å²) in [6.45, 7) is 7.03. The molecule has 1 atom stereocenters. The average Bonchev–Trinajstić information content (AvgIpc) is 2.27. The van der Waals surface area contributed by atoms with Crippen LogP contribution in [0.3, 0.4) is 0 Å². The summed E-state index contributed by atoms with van der Waals surface area (Å²) in [4.78, 5) is 23.9. The van der Waals surface area contributed by atoms with Gasteiger partial charge >= 0.3 is 5.97 Å². The van der Waals surface area contributed by atoms with Crippen LogP contribution in [0.1, 0.15) is 27.7 Å². The normalized spacial score (nSPS) is 13.7. The van der Waals surface area contributed by atoms with Crippen LogP contribution in [0, 0.1) is 11.3 Å². The van der Waals surface area contributed by atoms with E-state index in [4.69, 9.17) is 4.74 Å². The van der Waals surface area contributed by atoms with Crippen molar-refractivity contribution in [1.82, 2.24) is 10.0 Å². The molecule has 0 spiro atoms. The van der Waals surface area contributed by atoms with Crippen LogP contribution in [0.4, 0.5) is 0 Å². The van der Waals surface area contributed by atoms with Crippen LogP contribution in [0.5, 0.6) is 0 Å². The molecule has 1 unspecified atom stereocenters. The van der Waals surface area contributed by atoms with Crippen molar-refractivity contribution in [2.75, 3.05) is 26.0 Å². The third-order valence-electron chi connectivity index (χ3n) is 2.63. The number of nitrogens with one attached hydrogen (secondary N) is 2. The van der Waals surface area contributed by atoms with Crippen molar-refractivity contribution in [2.45, 2.75) is 27.7 Å². The third-order valence-corrected chi connectivity index (χ3v) is 4.00. The van der Waals surface area contributed by atoms with Gasteiger partial charge in [0.1, 0.15) is 5.92 Å². The number of carbonyl (C=O) groups is 2. The van der Waals surface area contributed by atoms with Crippen LogP contribution in [0.25, 0.3) is 0 Å². The Hall–Kier alpha value is -1.15. The monoisotopic (exact) mass is 308 g/mol. The van der Waals surface area contributed by atoms with E-state index in [1.165, 1.54) is 7.05 Å². The lowest BCUT2D eigenvalue weighted by atomic mass is 9.80. The highest BCUT2D eigenvalue weighted by Crippen LogP contribution is 2.27. The molecule has 0 aliphatic rings. The Balaban J connectivity index is 4.71. The quantitative estimate of drug-likeness (QED) is 0.504. The fraction of sp³-hybridized carbons (Fsp3) is 0.833. The highest BCUT2D eigenvalue weighted by atomic mass is 32.2. The van der Waals surface area contributed by atoms with Gasteiger partial charge in [0.2, 0.25) is 15.9 Å². The van der Waals surface area contributed by atoms with E-state index in [0.717, 1.165) is 0 Å². The minimum absolute atomic E-state index is 0.0615. The molecular weight excluding hydrogens is 284 g/mol. The third kappa shape index (κ3) is 6.33. The largest absolute Gasteiger partial charge is 0.465 e. The van der Waals surface area contributed by atoms with Gasteiger partial charge in [-0.1, -0.05) is 20.8 Å². The van der Waals surface area contributed by atoms with Gasteiger partial charge in [-0.15, -0.1) is 0 Å². The SMILES string of the molecule is CCOC(=O)C(C(=O)NCCS(=O)(=O)NC)C(C)(C)C. The molecule has 0 aromatic heterocycles. The molecule has 0 radical (unpaired) electrons. The van der Waals surface area contributed by atoms with E-state index in [-0.39, 0.29) is 18.9 Å². The summed E-state index contributed by atoms with van der Waals surface area (Å²) in [6, 6.07) is 0. The van der Waals surface area contributed by atoms with Gasteiger partial charge in [-0.3, -0.25) is 9.59 Å². The van der Waals surface area contributed by atoms with Gasteiger partial charge in [-0.05, 0) is 19.4 Å². The van der Waals surface area contributed by atoms with Crippen molar-refractivity contribution in [1.29, 1.82) is 0 Å². The Kier molecular flexibility index (Phi) is 7.15. The number of rotatable bonds is 7. The van der Waals surface area contributed by atoms with Crippen LogP contribution in [-0.4, -0.2) is 46.2 Å². The molecule has 0 heterocycles. The predicted molar refractivity (Wildman–Crippen MR) is 75.4 cm³/mol. The van der Waals surface area contributed by atoms with E-state index in [2.05, 4.69) is 10.0 Å². The molecule has 0 rings (SSSR count). The molecule has 0 fully saturated rings. The first-order valence-corrected chi connectivity index (χ1v) is 8.06. The minimum atomic E-state index is -3.39. The molecule has 0 aliphatic heterocycles. The lowest BCUT2D eigenvalue weighted by molar-refractivity contribution is -0.156.